The van der Waals surface area contributed by atoms with E-state index in [0.717, 1.165) is 24.0 Å². The molecule has 2 aromatic rings. The predicted octanol–water partition coefficient (Wildman–Crippen LogP) is 2.81. The molecule has 3 saturated heterocycles. The van der Waals surface area contributed by atoms with E-state index in [-0.39, 0.29) is 23.8 Å². The summed E-state index contributed by atoms with van der Waals surface area (Å²) in [5.41, 5.74) is 1.34. The number of amides is 3. The van der Waals surface area contributed by atoms with Crippen molar-refractivity contribution in [1.29, 1.82) is 0 Å². The first-order chi connectivity index (χ1) is 15.0. The van der Waals surface area contributed by atoms with E-state index in [1.54, 1.807) is 18.2 Å². The maximum absolute atomic E-state index is 13.7. The number of imide groups is 1. The summed E-state index contributed by atoms with van der Waals surface area (Å²) in [6.45, 7) is 1.03. The molecule has 7 heteroatoms. The lowest BCUT2D eigenvalue weighted by Crippen LogP contribution is -2.54. The molecule has 1 N–H and O–H groups in total. The lowest BCUT2D eigenvalue weighted by Gasteiger charge is -2.36. The molecule has 3 fully saturated rings. The lowest BCUT2D eigenvalue weighted by atomic mass is 9.75. The van der Waals surface area contributed by atoms with Crippen LogP contribution in [0.3, 0.4) is 0 Å². The number of nitrogens with one attached hydrogen (secondary N) is 1. The van der Waals surface area contributed by atoms with E-state index >= 15 is 0 Å². The average Bonchev–Trinajstić information content (AvgIpc) is 3.47. The Morgan fingerprint density at radius 1 is 1.06 bits per heavy atom. The summed E-state index contributed by atoms with van der Waals surface area (Å²) in [6, 6.07) is 15.1. The third kappa shape index (κ3) is 2.40. The Morgan fingerprint density at radius 3 is 2.68 bits per heavy atom. The Kier molecular flexibility index (Phi) is 4.08. The van der Waals surface area contributed by atoms with Gasteiger partial charge < -0.3 is 5.32 Å². The molecule has 1 spiro atoms. The molecule has 0 radical (unpaired) electrons. The SMILES string of the molecule is O=C1[C@H]2C3CCCN3C3(C(=O)Nc4ccc(Cl)cc43)[C@H]2C(=O)N1CCc1ccccc1. The highest BCUT2D eigenvalue weighted by molar-refractivity contribution is 6.31. The molecule has 0 saturated carbocycles. The van der Waals surface area contributed by atoms with Crippen LogP contribution >= 0.6 is 11.6 Å². The van der Waals surface area contributed by atoms with Gasteiger partial charge in [0.1, 0.15) is 5.54 Å². The van der Waals surface area contributed by atoms with Crippen LogP contribution in [0.1, 0.15) is 24.0 Å². The number of fused-ring (bicyclic) bond motifs is 7. The van der Waals surface area contributed by atoms with Gasteiger partial charge in [0.2, 0.25) is 17.7 Å². The third-order valence-electron chi connectivity index (χ3n) is 7.51. The summed E-state index contributed by atoms with van der Waals surface area (Å²) >= 11 is 6.31. The Morgan fingerprint density at radius 2 is 1.87 bits per heavy atom. The number of nitrogens with zero attached hydrogens (tertiary/aromatic N) is 2. The van der Waals surface area contributed by atoms with Crippen molar-refractivity contribution in [3.63, 3.8) is 0 Å². The summed E-state index contributed by atoms with van der Waals surface area (Å²) < 4.78 is 0. The number of carbonyl (C=O) groups is 3. The van der Waals surface area contributed by atoms with Gasteiger partial charge in [0.05, 0.1) is 11.8 Å². The summed E-state index contributed by atoms with van der Waals surface area (Å²) in [7, 11) is 0. The normalized spacial score (nSPS) is 31.3. The van der Waals surface area contributed by atoms with Gasteiger partial charge in [-0.1, -0.05) is 41.9 Å². The molecule has 31 heavy (non-hydrogen) atoms. The Balaban J connectivity index is 1.43. The summed E-state index contributed by atoms with van der Waals surface area (Å²) in [6.07, 6.45) is 2.33. The van der Waals surface area contributed by atoms with E-state index in [4.69, 9.17) is 11.6 Å². The number of benzene rings is 2. The molecular formula is C24H22ClN3O3. The summed E-state index contributed by atoms with van der Waals surface area (Å²) in [5.74, 6) is -1.77. The van der Waals surface area contributed by atoms with E-state index in [2.05, 4.69) is 10.2 Å². The molecule has 4 aliphatic heterocycles. The Labute approximate surface area is 185 Å². The average molecular weight is 436 g/mol. The molecule has 2 unspecified atom stereocenters. The maximum Gasteiger partial charge on any atom is 0.250 e. The second kappa shape index (κ2) is 6.65. The third-order valence-corrected chi connectivity index (χ3v) is 7.75. The molecule has 3 amide bonds. The van der Waals surface area contributed by atoms with E-state index in [1.807, 2.05) is 30.3 Å². The Bertz CT molecular complexity index is 1120. The highest BCUT2D eigenvalue weighted by Crippen LogP contribution is 2.60. The van der Waals surface area contributed by atoms with E-state index in [0.29, 0.717) is 30.2 Å². The minimum atomic E-state index is -1.15. The smallest absolute Gasteiger partial charge is 0.250 e. The zero-order chi connectivity index (χ0) is 21.3. The lowest BCUT2D eigenvalue weighted by molar-refractivity contribution is -0.145. The standard InChI is InChI=1S/C24H22ClN3O3/c25-15-8-9-17-16(13-15)24(23(31)26-17)20-19(18-7-4-11-28(18)24)21(29)27(22(20)30)12-10-14-5-2-1-3-6-14/h1-3,5-6,8-9,13,18-20H,4,7,10-12H2,(H,26,31)/t18?,19-,20+,24?/m0/s1. The van der Waals surface area contributed by atoms with Gasteiger partial charge in [0.15, 0.2) is 0 Å². The molecule has 0 aliphatic carbocycles. The van der Waals surface area contributed by atoms with Crippen molar-refractivity contribution in [3.8, 4) is 0 Å². The van der Waals surface area contributed by atoms with Gasteiger partial charge >= 0.3 is 0 Å². The van der Waals surface area contributed by atoms with Crippen LogP contribution in [0.25, 0.3) is 0 Å². The van der Waals surface area contributed by atoms with Crippen LogP contribution in [0, 0.1) is 11.8 Å². The van der Waals surface area contributed by atoms with Gasteiger partial charge in [0, 0.05) is 28.9 Å². The second-order valence-corrected chi connectivity index (χ2v) is 9.32. The van der Waals surface area contributed by atoms with Crippen LogP contribution in [0.15, 0.2) is 48.5 Å². The van der Waals surface area contributed by atoms with E-state index < -0.39 is 17.4 Å². The van der Waals surface area contributed by atoms with Gasteiger partial charge in [0.25, 0.3) is 0 Å². The topological polar surface area (TPSA) is 69.7 Å². The first-order valence-electron chi connectivity index (χ1n) is 10.8. The van der Waals surface area contributed by atoms with Gasteiger partial charge in [-0.3, -0.25) is 24.2 Å². The number of hydrogen-bond donors (Lipinski definition) is 1. The highest BCUT2D eigenvalue weighted by atomic mass is 35.5. The molecule has 158 valence electrons. The second-order valence-electron chi connectivity index (χ2n) is 8.88. The number of rotatable bonds is 3. The molecule has 4 aliphatic rings. The quantitative estimate of drug-likeness (QED) is 0.753. The zero-order valence-corrected chi connectivity index (χ0v) is 17.6. The van der Waals surface area contributed by atoms with Gasteiger partial charge in [-0.25, -0.2) is 0 Å². The molecule has 0 aromatic heterocycles. The van der Waals surface area contributed by atoms with Crippen LogP contribution in [-0.4, -0.2) is 46.7 Å². The number of carbonyl (C=O) groups excluding carboxylic acids is 3. The van der Waals surface area contributed by atoms with E-state index in [1.165, 1.54) is 4.90 Å². The fraction of sp³-hybridized carbons (Fsp3) is 0.375. The van der Waals surface area contributed by atoms with Crippen molar-refractivity contribution in [3.05, 3.63) is 64.7 Å². The van der Waals surface area contributed by atoms with Crippen LogP contribution in [0.4, 0.5) is 5.69 Å². The number of anilines is 1. The molecule has 6 rings (SSSR count). The van der Waals surface area contributed by atoms with Crippen molar-refractivity contribution in [2.45, 2.75) is 30.8 Å². The highest BCUT2D eigenvalue weighted by Gasteiger charge is 2.74. The van der Waals surface area contributed by atoms with Crippen LogP contribution in [-0.2, 0) is 26.3 Å². The first kappa shape index (κ1) is 19.0. The number of hydrogen-bond acceptors (Lipinski definition) is 4. The molecule has 0 bridgehead atoms. The zero-order valence-electron chi connectivity index (χ0n) is 16.9. The van der Waals surface area contributed by atoms with E-state index in [9.17, 15) is 14.4 Å². The largest absolute Gasteiger partial charge is 0.324 e. The molecular weight excluding hydrogens is 414 g/mol. The first-order valence-corrected chi connectivity index (χ1v) is 11.2. The van der Waals surface area contributed by atoms with Crippen molar-refractivity contribution in [2.75, 3.05) is 18.4 Å². The van der Waals surface area contributed by atoms with Crippen LogP contribution in [0.5, 0.6) is 0 Å². The summed E-state index contributed by atoms with van der Waals surface area (Å²) in [5, 5.41) is 3.49. The van der Waals surface area contributed by atoms with Crippen molar-refractivity contribution in [1.82, 2.24) is 9.80 Å². The van der Waals surface area contributed by atoms with Crippen molar-refractivity contribution < 1.29 is 14.4 Å². The molecule has 4 heterocycles. The Hall–Kier alpha value is -2.70. The molecule has 6 nitrogen and oxygen atoms in total. The van der Waals surface area contributed by atoms with Crippen molar-refractivity contribution in [2.24, 2.45) is 11.8 Å². The molecule has 2 aromatic carbocycles. The van der Waals surface area contributed by atoms with Gasteiger partial charge in [-0.15, -0.1) is 0 Å². The predicted molar refractivity (Wildman–Crippen MR) is 115 cm³/mol. The van der Waals surface area contributed by atoms with Crippen LogP contribution in [0.2, 0.25) is 5.02 Å². The number of halogens is 1. The van der Waals surface area contributed by atoms with Crippen molar-refractivity contribution >= 4 is 35.0 Å². The fourth-order valence-corrected chi connectivity index (χ4v) is 6.51. The van der Waals surface area contributed by atoms with Gasteiger partial charge in [-0.2, -0.15) is 0 Å². The van der Waals surface area contributed by atoms with Gasteiger partial charge in [-0.05, 0) is 49.6 Å². The number of likely N-dealkylation sites (tertiary alicyclic amines) is 1. The monoisotopic (exact) mass is 435 g/mol. The fourth-order valence-electron chi connectivity index (χ4n) is 6.34. The van der Waals surface area contributed by atoms with Crippen LogP contribution < -0.4 is 5.32 Å². The minimum absolute atomic E-state index is 0.0983. The summed E-state index contributed by atoms with van der Waals surface area (Å²) in [4.78, 5) is 44.3. The minimum Gasteiger partial charge on any atom is -0.324 e. The maximum atomic E-state index is 13.7. The molecule has 4 atom stereocenters.